The van der Waals surface area contributed by atoms with Crippen molar-refractivity contribution in [1.82, 2.24) is 19.5 Å². The van der Waals surface area contributed by atoms with Gasteiger partial charge in [0.1, 0.15) is 12.0 Å². The van der Waals surface area contributed by atoms with Gasteiger partial charge in [0, 0.05) is 11.8 Å². The first-order chi connectivity index (χ1) is 15.1. The SMILES string of the molecule is CC1CC(C)(c2ccc3c(c2)C(c2ccccn2)=NCc2c(-c4cnco4)ncn2-3)C1. The van der Waals surface area contributed by atoms with E-state index >= 15 is 0 Å². The second kappa shape index (κ2) is 6.74. The Kier molecular flexibility index (Phi) is 3.96. The third kappa shape index (κ3) is 2.86. The summed E-state index contributed by atoms with van der Waals surface area (Å²) < 4.78 is 7.66. The average molecular weight is 409 g/mol. The Morgan fingerprint density at radius 3 is 2.77 bits per heavy atom. The molecule has 0 spiro atoms. The van der Waals surface area contributed by atoms with Crippen molar-refractivity contribution < 1.29 is 4.42 Å². The van der Waals surface area contributed by atoms with Crippen LogP contribution in [0.25, 0.3) is 17.1 Å². The predicted molar refractivity (Wildman–Crippen MR) is 118 cm³/mol. The zero-order valence-corrected chi connectivity index (χ0v) is 17.6. The molecule has 0 radical (unpaired) electrons. The van der Waals surface area contributed by atoms with Gasteiger partial charge in [-0.05, 0) is 54.0 Å². The van der Waals surface area contributed by atoms with Crippen LogP contribution in [0.15, 0.2) is 70.9 Å². The second-order valence-electron chi connectivity index (χ2n) is 8.96. The van der Waals surface area contributed by atoms with Gasteiger partial charge in [0.15, 0.2) is 12.2 Å². The number of rotatable bonds is 3. The fraction of sp³-hybridized carbons (Fsp3) is 0.280. The Morgan fingerprint density at radius 1 is 1.13 bits per heavy atom. The highest BCUT2D eigenvalue weighted by atomic mass is 16.3. The summed E-state index contributed by atoms with van der Waals surface area (Å²) in [6, 6.07) is 12.8. The van der Waals surface area contributed by atoms with Crippen LogP contribution in [0.1, 0.15) is 49.2 Å². The van der Waals surface area contributed by atoms with Crippen molar-refractivity contribution in [3.05, 3.63) is 84.0 Å². The molecule has 154 valence electrons. The third-order valence-electron chi connectivity index (χ3n) is 6.63. The molecule has 0 N–H and O–H groups in total. The van der Waals surface area contributed by atoms with Crippen molar-refractivity contribution in [3.63, 3.8) is 0 Å². The van der Waals surface area contributed by atoms with Crippen LogP contribution in [0.4, 0.5) is 0 Å². The predicted octanol–water partition coefficient (Wildman–Crippen LogP) is 4.96. The maximum absolute atomic E-state index is 5.53. The molecule has 0 unspecified atom stereocenters. The number of benzene rings is 1. The van der Waals surface area contributed by atoms with Crippen molar-refractivity contribution in [2.45, 2.75) is 38.6 Å². The Labute approximate surface area is 180 Å². The summed E-state index contributed by atoms with van der Waals surface area (Å²) in [7, 11) is 0. The number of aliphatic imine (C=N–C) groups is 1. The topological polar surface area (TPSA) is 69.1 Å². The summed E-state index contributed by atoms with van der Waals surface area (Å²) in [5.74, 6) is 1.43. The number of fused-ring (bicyclic) bond motifs is 3. The lowest BCUT2D eigenvalue weighted by molar-refractivity contribution is 0.178. The minimum Gasteiger partial charge on any atom is -0.442 e. The molecule has 4 heterocycles. The number of imidazole rings is 1. The van der Waals surface area contributed by atoms with Gasteiger partial charge >= 0.3 is 0 Å². The van der Waals surface area contributed by atoms with Crippen LogP contribution in [-0.2, 0) is 12.0 Å². The van der Waals surface area contributed by atoms with Crippen LogP contribution < -0.4 is 0 Å². The van der Waals surface area contributed by atoms with E-state index in [4.69, 9.17) is 9.41 Å². The standard InChI is InChI=1S/C25H23N5O/c1-16-10-25(2,11-16)17-6-7-20-18(9-17)23(19-5-3-4-8-27-19)28-12-21-24(29-14-30(20)21)22-13-26-15-31-22/h3-9,13-16H,10-12H2,1-2H3. The lowest BCUT2D eigenvalue weighted by Gasteiger charge is -2.44. The third-order valence-corrected chi connectivity index (χ3v) is 6.63. The van der Waals surface area contributed by atoms with E-state index in [-0.39, 0.29) is 5.41 Å². The Hall–Kier alpha value is -3.54. The van der Waals surface area contributed by atoms with E-state index in [1.54, 1.807) is 6.20 Å². The number of oxazole rings is 1. The largest absolute Gasteiger partial charge is 0.442 e. The van der Waals surface area contributed by atoms with Crippen molar-refractivity contribution >= 4 is 5.71 Å². The number of nitrogens with zero attached hydrogens (tertiary/aromatic N) is 5. The molecule has 6 heteroatoms. The maximum Gasteiger partial charge on any atom is 0.181 e. The van der Waals surface area contributed by atoms with Crippen LogP contribution >= 0.6 is 0 Å². The molecule has 0 amide bonds. The van der Waals surface area contributed by atoms with E-state index in [0.29, 0.717) is 12.3 Å². The zero-order valence-electron chi connectivity index (χ0n) is 17.6. The van der Waals surface area contributed by atoms with Crippen LogP contribution in [-0.4, -0.2) is 25.2 Å². The van der Waals surface area contributed by atoms with E-state index in [1.165, 1.54) is 24.8 Å². The van der Waals surface area contributed by atoms with Gasteiger partial charge in [0.25, 0.3) is 0 Å². The van der Waals surface area contributed by atoms with E-state index < -0.39 is 0 Å². The van der Waals surface area contributed by atoms with Crippen LogP contribution in [0.2, 0.25) is 0 Å². The number of hydrogen-bond donors (Lipinski definition) is 0. The minimum atomic E-state index is 0.221. The number of aromatic nitrogens is 4. The summed E-state index contributed by atoms with van der Waals surface area (Å²) in [6.07, 6.45) is 9.24. The molecular formula is C25H23N5O. The van der Waals surface area contributed by atoms with Crippen molar-refractivity contribution in [1.29, 1.82) is 0 Å². The Morgan fingerprint density at radius 2 is 2.03 bits per heavy atom. The maximum atomic E-state index is 5.53. The molecule has 6 rings (SSSR count). The van der Waals surface area contributed by atoms with Crippen molar-refractivity contribution in [2.24, 2.45) is 10.9 Å². The number of hydrogen-bond acceptors (Lipinski definition) is 5. The molecule has 1 aromatic carbocycles. The highest BCUT2D eigenvalue weighted by Crippen LogP contribution is 2.48. The average Bonchev–Trinajstić information content (AvgIpc) is 3.40. The lowest BCUT2D eigenvalue weighted by Crippen LogP contribution is -2.37. The van der Waals surface area contributed by atoms with Gasteiger partial charge in [-0.15, -0.1) is 0 Å². The highest BCUT2D eigenvalue weighted by molar-refractivity contribution is 6.14. The van der Waals surface area contributed by atoms with Gasteiger partial charge in [-0.1, -0.05) is 26.0 Å². The summed E-state index contributed by atoms with van der Waals surface area (Å²) >= 11 is 0. The first kappa shape index (κ1) is 18.2. The zero-order chi connectivity index (χ0) is 21.0. The van der Waals surface area contributed by atoms with Gasteiger partial charge in [-0.25, -0.2) is 9.97 Å². The molecule has 2 aliphatic rings. The summed E-state index contributed by atoms with van der Waals surface area (Å²) in [5.41, 5.74) is 7.31. The summed E-state index contributed by atoms with van der Waals surface area (Å²) in [4.78, 5) is 18.3. The molecule has 1 fully saturated rings. The fourth-order valence-corrected chi connectivity index (χ4v) is 5.26. The van der Waals surface area contributed by atoms with Gasteiger partial charge in [0.05, 0.1) is 35.5 Å². The minimum absolute atomic E-state index is 0.221. The lowest BCUT2D eigenvalue weighted by atomic mass is 9.60. The second-order valence-corrected chi connectivity index (χ2v) is 8.96. The quantitative estimate of drug-likeness (QED) is 0.479. The van der Waals surface area contributed by atoms with Crippen LogP contribution in [0.5, 0.6) is 0 Å². The molecule has 31 heavy (non-hydrogen) atoms. The monoisotopic (exact) mass is 409 g/mol. The molecule has 0 saturated heterocycles. The Balaban J connectivity index is 1.56. The molecule has 4 aromatic rings. The Bertz CT molecular complexity index is 1280. The van der Waals surface area contributed by atoms with Gasteiger partial charge < -0.3 is 4.42 Å². The normalized spacial score (nSPS) is 22.1. The van der Waals surface area contributed by atoms with Crippen LogP contribution in [0.3, 0.4) is 0 Å². The van der Waals surface area contributed by atoms with E-state index in [2.05, 4.69) is 51.6 Å². The molecule has 0 bridgehead atoms. The molecule has 1 saturated carbocycles. The van der Waals surface area contributed by atoms with Crippen molar-refractivity contribution in [3.8, 4) is 17.1 Å². The van der Waals surface area contributed by atoms with Gasteiger partial charge in [-0.3, -0.25) is 14.5 Å². The fourth-order valence-electron chi connectivity index (χ4n) is 5.26. The summed E-state index contributed by atoms with van der Waals surface area (Å²) in [5, 5.41) is 0. The van der Waals surface area contributed by atoms with Gasteiger partial charge in [0.2, 0.25) is 0 Å². The molecule has 1 aliphatic carbocycles. The summed E-state index contributed by atoms with van der Waals surface area (Å²) in [6.45, 7) is 5.18. The van der Waals surface area contributed by atoms with E-state index in [1.807, 2.05) is 30.7 Å². The molecule has 6 nitrogen and oxygen atoms in total. The molecule has 3 aromatic heterocycles. The first-order valence-electron chi connectivity index (χ1n) is 10.7. The first-order valence-corrected chi connectivity index (χ1v) is 10.7. The number of pyridine rings is 1. The highest BCUT2D eigenvalue weighted by Gasteiger charge is 2.39. The van der Waals surface area contributed by atoms with E-state index in [9.17, 15) is 0 Å². The van der Waals surface area contributed by atoms with Crippen molar-refractivity contribution in [2.75, 3.05) is 0 Å². The molecule has 1 aliphatic heterocycles. The smallest absolute Gasteiger partial charge is 0.181 e. The van der Waals surface area contributed by atoms with Gasteiger partial charge in [-0.2, -0.15) is 0 Å². The van der Waals surface area contributed by atoms with E-state index in [0.717, 1.165) is 40.0 Å². The van der Waals surface area contributed by atoms with Crippen LogP contribution in [0, 0.1) is 5.92 Å². The molecule has 0 atom stereocenters. The molecular weight excluding hydrogens is 386 g/mol.